The lowest BCUT2D eigenvalue weighted by Gasteiger charge is -2.40. The van der Waals surface area contributed by atoms with E-state index >= 15 is 0 Å². The molecule has 162 valence electrons. The van der Waals surface area contributed by atoms with Crippen molar-refractivity contribution in [2.75, 3.05) is 5.75 Å². The highest BCUT2D eigenvalue weighted by Crippen LogP contribution is 2.66. The summed E-state index contributed by atoms with van der Waals surface area (Å²) in [5.41, 5.74) is 7.45. The normalized spacial score (nSPS) is 29.6. The zero-order valence-electron chi connectivity index (χ0n) is 17.7. The summed E-state index contributed by atoms with van der Waals surface area (Å²) >= 11 is 0. The molecule has 2 aromatic carbocycles. The van der Waals surface area contributed by atoms with E-state index in [1.807, 2.05) is 60.7 Å². The van der Waals surface area contributed by atoms with Gasteiger partial charge in [0.25, 0.3) is 0 Å². The first-order valence-corrected chi connectivity index (χ1v) is 12.3. The predicted octanol–water partition coefficient (Wildman–Crippen LogP) is 3.53. The molecule has 2 saturated carbocycles. The molecule has 4 rings (SSSR count). The SMILES string of the molecule is CC1(C)C2CCC1(CS(=O)(=O)N[C@H](c1ccccc1)[C@H](N)c1ccccc1)C(O)C2. The van der Waals surface area contributed by atoms with Crippen LogP contribution in [0, 0.1) is 16.7 Å². The molecule has 2 bridgehead atoms. The third-order valence-corrected chi connectivity index (χ3v) is 9.35. The number of rotatable bonds is 7. The molecule has 2 fully saturated rings. The Kier molecular flexibility index (Phi) is 5.56. The lowest BCUT2D eigenvalue weighted by Crippen LogP contribution is -2.48. The minimum absolute atomic E-state index is 0.0739. The fraction of sp³-hybridized carbons (Fsp3) is 0.500. The van der Waals surface area contributed by atoms with E-state index in [-0.39, 0.29) is 11.2 Å². The molecule has 2 aromatic rings. The van der Waals surface area contributed by atoms with Crippen molar-refractivity contribution >= 4 is 10.0 Å². The second-order valence-electron chi connectivity index (χ2n) is 9.57. The van der Waals surface area contributed by atoms with Gasteiger partial charge >= 0.3 is 0 Å². The molecule has 6 heteroatoms. The van der Waals surface area contributed by atoms with Gasteiger partial charge in [0, 0.05) is 5.41 Å². The number of benzene rings is 2. The molecular weight excluding hydrogens is 396 g/mol. The number of nitrogens with one attached hydrogen (secondary N) is 1. The summed E-state index contributed by atoms with van der Waals surface area (Å²) < 4.78 is 29.8. The third kappa shape index (κ3) is 3.60. The van der Waals surface area contributed by atoms with Crippen molar-refractivity contribution in [3.63, 3.8) is 0 Å². The van der Waals surface area contributed by atoms with Crippen molar-refractivity contribution in [2.45, 2.75) is 51.3 Å². The van der Waals surface area contributed by atoms with Crippen molar-refractivity contribution in [3.05, 3.63) is 71.8 Å². The average molecular weight is 429 g/mol. The van der Waals surface area contributed by atoms with Crippen LogP contribution in [-0.2, 0) is 10.0 Å². The van der Waals surface area contributed by atoms with E-state index in [0.717, 1.165) is 24.0 Å². The Hall–Kier alpha value is -1.73. The lowest BCUT2D eigenvalue weighted by molar-refractivity contribution is 0.0151. The largest absolute Gasteiger partial charge is 0.392 e. The number of sulfonamides is 1. The van der Waals surface area contributed by atoms with Crippen molar-refractivity contribution in [3.8, 4) is 0 Å². The van der Waals surface area contributed by atoms with Crippen LogP contribution in [0.1, 0.15) is 56.3 Å². The Morgan fingerprint density at radius 3 is 2.13 bits per heavy atom. The molecule has 0 aliphatic heterocycles. The van der Waals surface area contributed by atoms with E-state index in [2.05, 4.69) is 18.6 Å². The lowest BCUT2D eigenvalue weighted by atomic mass is 9.70. The molecule has 0 amide bonds. The topological polar surface area (TPSA) is 92.4 Å². The van der Waals surface area contributed by atoms with Gasteiger partial charge in [-0.25, -0.2) is 13.1 Å². The van der Waals surface area contributed by atoms with Gasteiger partial charge in [-0.3, -0.25) is 0 Å². The van der Waals surface area contributed by atoms with Crippen LogP contribution in [0.5, 0.6) is 0 Å². The summed E-state index contributed by atoms with van der Waals surface area (Å²) in [5.74, 6) is 0.300. The maximum Gasteiger partial charge on any atom is 0.212 e. The molecule has 0 saturated heterocycles. The summed E-state index contributed by atoms with van der Waals surface area (Å²) in [6, 6.07) is 17.9. The highest BCUT2D eigenvalue weighted by molar-refractivity contribution is 7.89. The summed E-state index contributed by atoms with van der Waals surface area (Å²) in [5, 5.41) is 10.8. The fourth-order valence-electron chi connectivity index (χ4n) is 5.83. The Morgan fingerprint density at radius 2 is 1.63 bits per heavy atom. The van der Waals surface area contributed by atoms with Gasteiger partial charge < -0.3 is 10.8 Å². The molecule has 4 N–H and O–H groups in total. The van der Waals surface area contributed by atoms with E-state index in [4.69, 9.17) is 5.73 Å². The van der Waals surface area contributed by atoms with E-state index in [0.29, 0.717) is 12.3 Å². The second kappa shape index (κ2) is 7.75. The molecule has 30 heavy (non-hydrogen) atoms. The van der Waals surface area contributed by atoms with Crippen LogP contribution < -0.4 is 10.5 Å². The van der Waals surface area contributed by atoms with Crippen molar-refractivity contribution < 1.29 is 13.5 Å². The van der Waals surface area contributed by atoms with Gasteiger partial charge in [0.15, 0.2) is 0 Å². The maximum atomic E-state index is 13.4. The van der Waals surface area contributed by atoms with Crippen LogP contribution in [0.25, 0.3) is 0 Å². The molecule has 0 aromatic heterocycles. The number of fused-ring (bicyclic) bond motifs is 2. The van der Waals surface area contributed by atoms with E-state index in [1.54, 1.807) is 0 Å². The molecule has 3 unspecified atom stereocenters. The van der Waals surface area contributed by atoms with Gasteiger partial charge in [-0.1, -0.05) is 74.5 Å². The monoisotopic (exact) mass is 428 g/mol. The van der Waals surface area contributed by atoms with E-state index in [9.17, 15) is 13.5 Å². The minimum atomic E-state index is -3.70. The summed E-state index contributed by atoms with van der Waals surface area (Å²) in [6.45, 7) is 4.22. The number of nitrogens with two attached hydrogens (primary N) is 1. The summed E-state index contributed by atoms with van der Waals surface area (Å²) in [4.78, 5) is 0. The quantitative estimate of drug-likeness (QED) is 0.629. The first kappa shape index (κ1) is 21.5. The third-order valence-electron chi connectivity index (χ3n) is 7.84. The molecule has 2 aliphatic rings. The van der Waals surface area contributed by atoms with Crippen LogP contribution in [-0.4, -0.2) is 25.4 Å². The Labute approximate surface area is 179 Å². The van der Waals surface area contributed by atoms with Crippen molar-refractivity contribution in [2.24, 2.45) is 22.5 Å². The first-order chi connectivity index (χ1) is 14.2. The maximum absolute atomic E-state index is 13.4. The number of aliphatic hydroxyl groups is 1. The number of hydrogen-bond acceptors (Lipinski definition) is 4. The molecule has 5 nitrogen and oxygen atoms in total. The van der Waals surface area contributed by atoms with Crippen LogP contribution in [0.3, 0.4) is 0 Å². The van der Waals surface area contributed by atoms with Gasteiger partial charge in [0.2, 0.25) is 10.0 Å². The molecule has 0 radical (unpaired) electrons. The molecule has 5 atom stereocenters. The van der Waals surface area contributed by atoms with Crippen molar-refractivity contribution in [1.82, 2.24) is 4.72 Å². The average Bonchev–Trinajstić information content (AvgIpc) is 3.07. The summed E-state index contributed by atoms with van der Waals surface area (Å²) in [6.07, 6.45) is 1.83. The Morgan fingerprint density at radius 1 is 1.07 bits per heavy atom. The highest BCUT2D eigenvalue weighted by atomic mass is 32.2. The Balaban J connectivity index is 1.64. The smallest absolute Gasteiger partial charge is 0.212 e. The van der Waals surface area contributed by atoms with Gasteiger partial charge in [0.05, 0.1) is 23.9 Å². The minimum Gasteiger partial charge on any atom is -0.392 e. The molecule has 0 heterocycles. The second-order valence-corrected chi connectivity index (χ2v) is 11.3. The van der Waals surface area contributed by atoms with E-state index in [1.165, 1.54) is 0 Å². The zero-order valence-corrected chi connectivity index (χ0v) is 18.5. The van der Waals surface area contributed by atoms with Gasteiger partial charge in [0.1, 0.15) is 0 Å². The van der Waals surface area contributed by atoms with Gasteiger partial charge in [-0.05, 0) is 41.7 Å². The number of aliphatic hydroxyl groups excluding tert-OH is 1. The summed E-state index contributed by atoms with van der Waals surface area (Å²) in [7, 11) is -3.70. The van der Waals surface area contributed by atoms with E-state index < -0.39 is 33.6 Å². The standard InChI is InChI=1S/C24H32N2O3S/c1-23(2)19-13-14-24(23,20(27)15-19)16-30(28,29)26-22(18-11-7-4-8-12-18)21(25)17-9-5-3-6-10-17/h3-12,19-22,26-27H,13-16,25H2,1-2H3/t19?,20?,21-,22-,24?/m1/s1. The first-order valence-electron chi connectivity index (χ1n) is 10.7. The van der Waals surface area contributed by atoms with Crippen molar-refractivity contribution in [1.29, 1.82) is 0 Å². The van der Waals surface area contributed by atoms with Crippen LogP contribution in [0.4, 0.5) is 0 Å². The number of hydrogen-bond donors (Lipinski definition) is 3. The zero-order chi connectivity index (χ0) is 21.6. The fourth-order valence-corrected chi connectivity index (χ4v) is 7.97. The highest BCUT2D eigenvalue weighted by Gasteiger charge is 2.65. The van der Waals surface area contributed by atoms with Crippen LogP contribution in [0.15, 0.2) is 60.7 Å². The molecule has 2 aliphatic carbocycles. The Bertz CT molecular complexity index is 978. The van der Waals surface area contributed by atoms with Crippen LogP contribution in [0.2, 0.25) is 0 Å². The molecular formula is C24H32N2O3S. The molecule has 0 spiro atoms. The van der Waals surface area contributed by atoms with Gasteiger partial charge in [-0.2, -0.15) is 0 Å². The van der Waals surface area contributed by atoms with Crippen LogP contribution >= 0.6 is 0 Å². The van der Waals surface area contributed by atoms with Gasteiger partial charge in [-0.15, -0.1) is 0 Å². The predicted molar refractivity (Wildman–Crippen MR) is 119 cm³/mol.